The minimum absolute atomic E-state index is 0.0790. The molecule has 118 valence electrons. The van der Waals surface area contributed by atoms with Gasteiger partial charge in [0.25, 0.3) is 5.91 Å². The second kappa shape index (κ2) is 7.20. The van der Waals surface area contributed by atoms with E-state index in [1.165, 1.54) is 5.01 Å². The van der Waals surface area contributed by atoms with E-state index in [4.69, 9.17) is 0 Å². The van der Waals surface area contributed by atoms with E-state index in [1.807, 2.05) is 45.0 Å². The van der Waals surface area contributed by atoms with E-state index in [0.29, 0.717) is 24.2 Å². The first-order valence-electron chi connectivity index (χ1n) is 7.83. The van der Waals surface area contributed by atoms with Crippen LogP contribution in [0.25, 0.3) is 0 Å². The zero-order valence-electron chi connectivity index (χ0n) is 13.4. The van der Waals surface area contributed by atoms with Crippen molar-refractivity contribution in [1.29, 1.82) is 0 Å². The van der Waals surface area contributed by atoms with E-state index >= 15 is 0 Å². The highest BCUT2D eigenvalue weighted by atomic mass is 16.2. The largest absolute Gasteiger partial charge is 0.348 e. The summed E-state index contributed by atoms with van der Waals surface area (Å²) in [4.78, 5) is 24.4. The standard InChI is InChI=1S/C17H23N3O2/c1-4-13(5-2)18-17(22)15-9-10-16(21)20(19-15)14-8-6-7-12(3)11-14/h6-8,11,13H,4-5,9-10H2,1-3H3,(H,18,22). The molecule has 1 N–H and O–H groups in total. The fourth-order valence-electron chi connectivity index (χ4n) is 2.44. The molecule has 2 rings (SSSR count). The van der Waals surface area contributed by atoms with Gasteiger partial charge in [-0.3, -0.25) is 9.59 Å². The summed E-state index contributed by atoms with van der Waals surface area (Å²) in [6.45, 7) is 6.04. The van der Waals surface area contributed by atoms with Gasteiger partial charge < -0.3 is 5.32 Å². The number of rotatable bonds is 5. The molecule has 1 aromatic rings. The summed E-state index contributed by atoms with van der Waals surface area (Å²) in [5.74, 6) is -0.247. The fourth-order valence-corrected chi connectivity index (χ4v) is 2.44. The highest BCUT2D eigenvalue weighted by Crippen LogP contribution is 2.21. The lowest BCUT2D eigenvalue weighted by Crippen LogP contribution is -2.42. The van der Waals surface area contributed by atoms with Gasteiger partial charge in [-0.1, -0.05) is 26.0 Å². The van der Waals surface area contributed by atoms with Crippen molar-refractivity contribution in [3.8, 4) is 0 Å². The average Bonchev–Trinajstić information content (AvgIpc) is 2.52. The van der Waals surface area contributed by atoms with Crippen molar-refractivity contribution < 1.29 is 9.59 Å². The summed E-state index contributed by atoms with van der Waals surface area (Å²) in [7, 11) is 0. The first-order valence-corrected chi connectivity index (χ1v) is 7.83. The molecule has 1 aromatic carbocycles. The van der Waals surface area contributed by atoms with Crippen molar-refractivity contribution in [1.82, 2.24) is 5.32 Å². The molecule has 0 aliphatic carbocycles. The maximum Gasteiger partial charge on any atom is 0.267 e. The molecular formula is C17H23N3O2. The van der Waals surface area contributed by atoms with Crippen LogP contribution in [0.2, 0.25) is 0 Å². The average molecular weight is 301 g/mol. The number of hydrogen-bond donors (Lipinski definition) is 1. The van der Waals surface area contributed by atoms with Crippen LogP contribution >= 0.6 is 0 Å². The maximum atomic E-state index is 12.3. The van der Waals surface area contributed by atoms with Gasteiger partial charge in [-0.2, -0.15) is 5.10 Å². The van der Waals surface area contributed by atoms with Gasteiger partial charge in [0.15, 0.2) is 0 Å². The van der Waals surface area contributed by atoms with Gasteiger partial charge in [-0.25, -0.2) is 5.01 Å². The Labute approximate surface area is 131 Å². The van der Waals surface area contributed by atoms with Crippen molar-refractivity contribution >= 4 is 23.2 Å². The second-order valence-electron chi connectivity index (χ2n) is 5.58. The number of hydrazone groups is 1. The van der Waals surface area contributed by atoms with E-state index < -0.39 is 0 Å². The molecule has 0 bridgehead atoms. The lowest BCUT2D eigenvalue weighted by molar-refractivity contribution is -0.119. The highest BCUT2D eigenvalue weighted by Gasteiger charge is 2.26. The molecule has 1 heterocycles. The minimum atomic E-state index is -0.168. The number of benzene rings is 1. The van der Waals surface area contributed by atoms with Crippen molar-refractivity contribution in [2.45, 2.75) is 52.5 Å². The Morgan fingerprint density at radius 3 is 2.68 bits per heavy atom. The smallest absolute Gasteiger partial charge is 0.267 e. The van der Waals surface area contributed by atoms with Gasteiger partial charge in [0.2, 0.25) is 5.91 Å². The van der Waals surface area contributed by atoms with Gasteiger partial charge >= 0.3 is 0 Å². The van der Waals surface area contributed by atoms with E-state index in [1.54, 1.807) is 0 Å². The Morgan fingerprint density at radius 1 is 1.32 bits per heavy atom. The molecule has 0 unspecified atom stereocenters. The lowest BCUT2D eigenvalue weighted by Gasteiger charge is -2.24. The molecule has 5 heteroatoms. The van der Waals surface area contributed by atoms with Crippen LogP contribution < -0.4 is 10.3 Å². The second-order valence-corrected chi connectivity index (χ2v) is 5.58. The van der Waals surface area contributed by atoms with Crippen LogP contribution in [0.15, 0.2) is 29.4 Å². The van der Waals surface area contributed by atoms with Crippen molar-refractivity contribution in [2.75, 3.05) is 5.01 Å². The van der Waals surface area contributed by atoms with Crippen LogP contribution in [-0.2, 0) is 9.59 Å². The molecule has 1 aliphatic heterocycles. The first-order chi connectivity index (χ1) is 10.5. The van der Waals surface area contributed by atoms with Crippen LogP contribution in [0.4, 0.5) is 5.69 Å². The number of amides is 2. The molecule has 0 saturated heterocycles. The van der Waals surface area contributed by atoms with Gasteiger partial charge in [-0.05, 0) is 37.5 Å². The summed E-state index contributed by atoms with van der Waals surface area (Å²) >= 11 is 0. The predicted molar refractivity (Wildman–Crippen MR) is 87.8 cm³/mol. The third-order valence-electron chi connectivity index (χ3n) is 3.86. The van der Waals surface area contributed by atoms with E-state index in [9.17, 15) is 9.59 Å². The minimum Gasteiger partial charge on any atom is -0.348 e. The van der Waals surface area contributed by atoms with E-state index in [0.717, 1.165) is 18.4 Å². The summed E-state index contributed by atoms with van der Waals surface area (Å²) in [5, 5.41) is 8.61. The normalized spacial score (nSPS) is 15.0. The predicted octanol–water partition coefficient (Wildman–Crippen LogP) is 2.78. The van der Waals surface area contributed by atoms with Crippen LogP contribution in [0.5, 0.6) is 0 Å². The number of carbonyl (C=O) groups excluding carboxylic acids is 2. The Balaban J connectivity index is 2.21. The third kappa shape index (κ3) is 3.72. The van der Waals surface area contributed by atoms with E-state index in [-0.39, 0.29) is 17.9 Å². The monoisotopic (exact) mass is 301 g/mol. The summed E-state index contributed by atoms with van der Waals surface area (Å²) < 4.78 is 0. The summed E-state index contributed by atoms with van der Waals surface area (Å²) in [6, 6.07) is 7.72. The Hall–Kier alpha value is -2.17. The number of hydrogen-bond acceptors (Lipinski definition) is 3. The molecule has 0 atom stereocenters. The quantitative estimate of drug-likeness (QED) is 0.909. The molecule has 1 aliphatic rings. The summed E-state index contributed by atoms with van der Waals surface area (Å²) in [5.41, 5.74) is 2.18. The molecule has 5 nitrogen and oxygen atoms in total. The van der Waals surface area contributed by atoms with Gasteiger partial charge in [0.1, 0.15) is 5.71 Å². The van der Waals surface area contributed by atoms with Crippen molar-refractivity contribution in [3.63, 3.8) is 0 Å². The van der Waals surface area contributed by atoms with Crippen LogP contribution in [0, 0.1) is 6.92 Å². The summed E-state index contributed by atoms with van der Waals surface area (Å²) in [6.07, 6.45) is 2.47. The number of carbonyl (C=O) groups is 2. The zero-order chi connectivity index (χ0) is 16.1. The molecule has 0 saturated carbocycles. The lowest BCUT2D eigenvalue weighted by atomic mass is 10.1. The number of anilines is 1. The fraction of sp³-hybridized carbons (Fsp3) is 0.471. The van der Waals surface area contributed by atoms with Crippen LogP contribution in [-0.4, -0.2) is 23.6 Å². The number of nitrogens with one attached hydrogen (secondary N) is 1. The Kier molecular flexibility index (Phi) is 5.31. The SMILES string of the molecule is CCC(CC)NC(=O)C1=NN(c2cccc(C)c2)C(=O)CC1. The Bertz CT molecular complexity index is 591. The van der Waals surface area contributed by atoms with Crippen molar-refractivity contribution in [3.05, 3.63) is 29.8 Å². The highest BCUT2D eigenvalue weighted by molar-refractivity contribution is 6.40. The zero-order valence-corrected chi connectivity index (χ0v) is 13.4. The van der Waals surface area contributed by atoms with Gasteiger partial charge in [0, 0.05) is 18.9 Å². The van der Waals surface area contributed by atoms with Crippen LogP contribution in [0.1, 0.15) is 45.1 Å². The molecule has 0 fully saturated rings. The third-order valence-corrected chi connectivity index (χ3v) is 3.86. The van der Waals surface area contributed by atoms with Gasteiger partial charge in [0.05, 0.1) is 5.69 Å². The topological polar surface area (TPSA) is 61.8 Å². The van der Waals surface area contributed by atoms with Gasteiger partial charge in [-0.15, -0.1) is 0 Å². The molecule has 0 aromatic heterocycles. The number of aryl methyl sites for hydroxylation is 1. The van der Waals surface area contributed by atoms with Crippen LogP contribution in [0.3, 0.4) is 0 Å². The first kappa shape index (κ1) is 16.2. The molecular weight excluding hydrogens is 278 g/mol. The molecule has 22 heavy (non-hydrogen) atoms. The molecule has 0 radical (unpaired) electrons. The molecule has 2 amide bonds. The molecule has 0 spiro atoms. The Morgan fingerprint density at radius 2 is 2.05 bits per heavy atom. The maximum absolute atomic E-state index is 12.3. The van der Waals surface area contributed by atoms with E-state index in [2.05, 4.69) is 10.4 Å². The number of nitrogens with zero attached hydrogens (tertiary/aromatic N) is 2. The van der Waals surface area contributed by atoms with Crippen molar-refractivity contribution in [2.24, 2.45) is 5.10 Å².